The normalized spacial score (nSPS) is 14.6. The monoisotopic (exact) mass is 410 g/mol. The molecule has 0 bridgehead atoms. The minimum atomic E-state index is -0.533. The molecule has 2 heterocycles. The Labute approximate surface area is 177 Å². The first-order valence-corrected chi connectivity index (χ1v) is 10.2. The first-order chi connectivity index (χ1) is 14.1. The second-order valence-electron chi connectivity index (χ2n) is 8.65. The zero-order chi connectivity index (χ0) is 22.1. The summed E-state index contributed by atoms with van der Waals surface area (Å²) in [5, 5.41) is 0. The van der Waals surface area contributed by atoms with Crippen molar-refractivity contribution in [1.29, 1.82) is 0 Å². The summed E-state index contributed by atoms with van der Waals surface area (Å²) in [5.41, 5.74) is 9.48. The van der Waals surface area contributed by atoms with Gasteiger partial charge in [0.25, 0.3) is 5.91 Å². The average molecular weight is 411 g/mol. The molecule has 1 aliphatic heterocycles. The Morgan fingerprint density at radius 1 is 1.03 bits per heavy atom. The molecule has 160 valence electrons. The highest BCUT2D eigenvalue weighted by Gasteiger charge is 2.29. The Kier molecular flexibility index (Phi) is 6.01. The van der Waals surface area contributed by atoms with E-state index < -0.39 is 11.5 Å². The number of rotatable bonds is 3. The number of anilines is 1. The lowest BCUT2D eigenvalue weighted by Crippen LogP contribution is -2.50. The van der Waals surface area contributed by atoms with E-state index in [0.29, 0.717) is 37.6 Å². The van der Waals surface area contributed by atoms with Crippen LogP contribution in [0.15, 0.2) is 30.5 Å². The molecule has 7 heteroatoms. The molecule has 1 aromatic heterocycles. The number of ether oxygens (including phenoxy) is 1. The Morgan fingerprint density at radius 2 is 1.67 bits per heavy atom. The van der Waals surface area contributed by atoms with Crippen molar-refractivity contribution in [1.82, 2.24) is 9.88 Å². The third-order valence-electron chi connectivity index (χ3n) is 5.14. The zero-order valence-corrected chi connectivity index (χ0v) is 18.4. The average Bonchev–Trinajstić information content (AvgIpc) is 2.67. The second-order valence-corrected chi connectivity index (χ2v) is 8.65. The van der Waals surface area contributed by atoms with Gasteiger partial charge in [0, 0.05) is 37.9 Å². The third-order valence-corrected chi connectivity index (χ3v) is 5.14. The molecule has 2 amide bonds. The molecule has 0 saturated carbocycles. The Bertz CT molecular complexity index is 957. The molecule has 0 radical (unpaired) electrons. The van der Waals surface area contributed by atoms with E-state index >= 15 is 0 Å². The van der Waals surface area contributed by atoms with Gasteiger partial charge in [0.05, 0.1) is 5.56 Å². The highest BCUT2D eigenvalue weighted by atomic mass is 16.6. The predicted octanol–water partition coefficient (Wildman–Crippen LogP) is 3.52. The van der Waals surface area contributed by atoms with Gasteiger partial charge in [0.15, 0.2) is 0 Å². The number of nitrogens with two attached hydrogens (primary N) is 1. The molecule has 30 heavy (non-hydrogen) atoms. The number of carbonyl (C=O) groups excluding carboxylic acids is 2. The maximum Gasteiger partial charge on any atom is 0.410 e. The maximum atomic E-state index is 12.5. The number of hydrogen-bond donors (Lipinski definition) is 1. The summed E-state index contributed by atoms with van der Waals surface area (Å²) in [4.78, 5) is 33.1. The lowest BCUT2D eigenvalue weighted by Gasteiger charge is -2.37. The molecule has 7 nitrogen and oxygen atoms in total. The van der Waals surface area contributed by atoms with Gasteiger partial charge < -0.3 is 20.3 Å². The van der Waals surface area contributed by atoms with Crippen LogP contribution in [0, 0.1) is 13.8 Å². The summed E-state index contributed by atoms with van der Waals surface area (Å²) >= 11 is 0. The lowest BCUT2D eigenvalue weighted by molar-refractivity contribution is 0.0240. The number of primary amides is 1. The molecule has 0 aliphatic carbocycles. The first kappa shape index (κ1) is 21.6. The van der Waals surface area contributed by atoms with Crippen molar-refractivity contribution in [2.24, 2.45) is 5.73 Å². The zero-order valence-electron chi connectivity index (χ0n) is 18.4. The molecule has 3 rings (SSSR count). The highest BCUT2D eigenvalue weighted by molar-refractivity contribution is 6.05. The van der Waals surface area contributed by atoms with Gasteiger partial charge in [-0.1, -0.05) is 24.3 Å². The van der Waals surface area contributed by atoms with E-state index in [1.165, 1.54) is 0 Å². The Balaban J connectivity index is 1.91. The molecular formula is C23H30N4O3. The summed E-state index contributed by atoms with van der Waals surface area (Å²) in [7, 11) is 0. The fourth-order valence-corrected chi connectivity index (χ4v) is 3.70. The largest absolute Gasteiger partial charge is 0.444 e. The van der Waals surface area contributed by atoms with Crippen molar-refractivity contribution >= 4 is 17.8 Å². The molecular weight excluding hydrogens is 380 g/mol. The van der Waals surface area contributed by atoms with Crippen molar-refractivity contribution < 1.29 is 14.3 Å². The topological polar surface area (TPSA) is 88.8 Å². The number of benzene rings is 1. The minimum absolute atomic E-state index is 0.324. The molecule has 1 fully saturated rings. The number of amides is 2. The number of piperazine rings is 1. The van der Waals surface area contributed by atoms with Gasteiger partial charge in [-0.25, -0.2) is 9.78 Å². The van der Waals surface area contributed by atoms with E-state index in [4.69, 9.17) is 10.5 Å². The van der Waals surface area contributed by atoms with Gasteiger partial charge in [-0.2, -0.15) is 0 Å². The van der Waals surface area contributed by atoms with Crippen molar-refractivity contribution in [3.8, 4) is 11.1 Å². The summed E-state index contributed by atoms with van der Waals surface area (Å²) < 4.78 is 5.46. The van der Waals surface area contributed by atoms with E-state index in [1.807, 2.05) is 63.8 Å². The van der Waals surface area contributed by atoms with Gasteiger partial charge in [-0.3, -0.25) is 4.79 Å². The van der Waals surface area contributed by atoms with E-state index in [-0.39, 0.29) is 6.09 Å². The smallest absolute Gasteiger partial charge is 0.410 e. The molecule has 2 aromatic rings. The van der Waals surface area contributed by atoms with Crippen molar-refractivity contribution in [3.63, 3.8) is 0 Å². The van der Waals surface area contributed by atoms with Crippen LogP contribution in [0.2, 0.25) is 0 Å². The number of nitrogens with zero attached hydrogens (tertiary/aromatic N) is 3. The fraction of sp³-hybridized carbons (Fsp3) is 0.435. The summed E-state index contributed by atoms with van der Waals surface area (Å²) in [6, 6.07) is 7.93. The van der Waals surface area contributed by atoms with E-state index in [9.17, 15) is 9.59 Å². The van der Waals surface area contributed by atoms with Crippen molar-refractivity contribution in [2.45, 2.75) is 40.2 Å². The third kappa shape index (κ3) is 4.56. The van der Waals surface area contributed by atoms with Gasteiger partial charge in [-0.15, -0.1) is 0 Å². The van der Waals surface area contributed by atoms with E-state index in [1.54, 1.807) is 11.1 Å². The van der Waals surface area contributed by atoms with Crippen LogP contribution in [0.25, 0.3) is 11.1 Å². The van der Waals surface area contributed by atoms with Gasteiger partial charge >= 0.3 is 6.09 Å². The SMILES string of the molecule is Cc1ccccc1-c1c(C)cnc(N2CCN(C(=O)OC(C)(C)C)CC2)c1C(N)=O. The van der Waals surface area contributed by atoms with Crippen LogP contribution in [0.3, 0.4) is 0 Å². The van der Waals surface area contributed by atoms with Crippen LogP contribution in [0.5, 0.6) is 0 Å². The predicted molar refractivity (Wildman–Crippen MR) is 118 cm³/mol. The van der Waals surface area contributed by atoms with Crippen molar-refractivity contribution in [2.75, 3.05) is 31.1 Å². The number of aromatic nitrogens is 1. The molecule has 1 aliphatic rings. The fourth-order valence-electron chi connectivity index (χ4n) is 3.70. The summed E-state index contributed by atoms with van der Waals surface area (Å²) in [5.74, 6) is 0.0595. The Morgan fingerprint density at radius 3 is 2.23 bits per heavy atom. The van der Waals surface area contributed by atoms with Crippen LogP contribution >= 0.6 is 0 Å². The minimum Gasteiger partial charge on any atom is -0.444 e. The summed E-state index contributed by atoms with van der Waals surface area (Å²) in [6.45, 7) is 11.6. The molecule has 2 N–H and O–H groups in total. The van der Waals surface area contributed by atoms with Crippen LogP contribution in [-0.2, 0) is 4.74 Å². The molecule has 0 unspecified atom stereocenters. The molecule has 0 atom stereocenters. The molecule has 1 saturated heterocycles. The van der Waals surface area contributed by atoms with Gasteiger partial charge in [-0.05, 0) is 51.3 Å². The van der Waals surface area contributed by atoms with Gasteiger partial charge in [0.2, 0.25) is 0 Å². The Hall–Kier alpha value is -3.09. The second kappa shape index (κ2) is 8.34. The van der Waals surface area contributed by atoms with Crippen LogP contribution in [0.1, 0.15) is 42.3 Å². The number of hydrogen-bond acceptors (Lipinski definition) is 5. The van der Waals surface area contributed by atoms with Crippen LogP contribution in [-0.4, -0.2) is 53.7 Å². The van der Waals surface area contributed by atoms with E-state index in [0.717, 1.165) is 22.3 Å². The van der Waals surface area contributed by atoms with E-state index in [2.05, 4.69) is 4.98 Å². The molecule has 0 spiro atoms. The number of aryl methyl sites for hydroxylation is 2. The lowest BCUT2D eigenvalue weighted by atomic mass is 9.92. The highest BCUT2D eigenvalue weighted by Crippen LogP contribution is 2.34. The standard InChI is InChI=1S/C23H30N4O3/c1-15-8-6-7-9-17(15)18-16(2)14-25-21(19(18)20(24)28)26-10-12-27(13-11-26)22(29)30-23(3,4)5/h6-9,14H,10-13H2,1-5H3,(H2,24,28). The number of pyridine rings is 1. The van der Waals surface area contributed by atoms with Crippen molar-refractivity contribution in [3.05, 3.63) is 47.2 Å². The number of carbonyl (C=O) groups is 2. The van der Waals surface area contributed by atoms with Crippen LogP contribution < -0.4 is 10.6 Å². The maximum absolute atomic E-state index is 12.5. The summed E-state index contributed by atoms with van der Waals surface area (Å²) in [6.07, 6.45) is 1.46. The first-order valence-electron chi connectivity index (χ1n) is 10.2. The van der Waals surface area contributed by atoms with Gasteiger partial charge in [0.1, 0.15) is 11.4 Å². The molecule has 1 aromatic carbocycles. The quantitative estimate of drug-likeness (QED) is 0.836. The van der Waals surface area contributed by atoms with Crippen LogP contribution in [0.4, 0.5) is 10.6 Å².